The number of ether oxygens (including phenoxy) is 1. The first-order valence-corrected chi connectivity index (χ1v) is 4.82. The molecule has 0 spiro atoms. The molecule has 0 N–H and O–H groups in total. The molecular weight excluding hydrogens is 180 g/mol. The van der Waals surface area contributed by atoms with E-state index in [2.05, 4.69) is 5.10 Å². The zero-order chi connectivity index (χ0) is 10.6. The molecular formula is C10H16N2O2. The SMILES string of the molecule is CCOCC(=O)c1cc(CC)nn1C. The lowest BCUT2D eigenvalue weighted by molar-refractivity contribution is 0.0774. The van der Waals surface area contributed by atoms with E-state index in [1.54, 1.807) is 11.7 Å². The number of carbonyl (C=O) groups excluding carboxylic acids is 1. The summed E-state index contributed by atoms with van der Waals surface area (Å²) in [6, 6.07) is 1.82. The van der Waals surface area contributed by atoms with Gasteiger partial charge in [0.1, 0.15) is 12.3 Å². The van der Waals surface area contributed by atoms with Crippen molar-refractivity contribution in [1.82, 2.24) is 9.78 Å². The second-order valence-corrected chi connectivity index (χ2v) is 3.06. The summed E-state index contributed by atoms with van der Waals surface area (Å²) in [5, 5.41) is 4.20. The lowest BCUT2D eigenvalue weighted by Crippen LogP contribution is -2.13. The monoisotopic (exact) mass is 196 g/mol. The molecule has 1 aromatic rings. The van der Waals surface area contributed by atoms with E-state index < -0.39 is 0 Å². The molecule has 0 radical (unpaired) electrons. The van der Waals surface area contributed by atoms with E-state index >= 15 is 0 Å². The highest BCUT2D eigenvalue weighted by Crippen LogP contribution is 2.04. The number of ketones is 1. The molecule has 0 saturated carbocycles. The van der Waals surface area contributed by atoms with E-state index in [0.29, 0.717) is 12.3 Å². The fraction of sp³-hybridized carbons (Fsp3) is 0.600. The van der Waals surface area contributed by atoms with E-state index in [-0.39, 0.29) is 12.4 Å². The van der Waals surface area contributed by atoms with E-state index in [0.717, 1.165) is 12.1 Å². The van der Waals surface area contributed by atoms with Crippen LogP contribution in [-0.4, -0.2) is 28.8 Å². The van der Waals surface area contributed by atoms with Gasteiger partial charge in [0, 0.05) is 13.7 Å². The summed E-state index contributed by atoms with van der Waals surface area (Å²) in [6.45, 7) is 4.58. The number of hydrogen-bond donors (Lipinski definition) is 0. The molecule has 1 rings (SSSR count). The van der Waals surface area contributed by atoms with E-state index in [9.17, 15) is 4.79 Å². The Morgan fingerprint density at radius 3 is 2.79 bits per heavy atom. The minimum absolute atomic E-state index is 0.0125. The zero-order valence-electron chi connectivity index (χ0n) is 8.91. The summed E-state index contributed by atoms with van der Waals surface area (Å²) in [4.78, 5) is 11.6. The molecule has 78 valence electrons. The molecule has 0 bridgehead atoms. The van der Waals surface area contributed by atoms with Crippen LogP contribution in [0.15, 0.2) is 6.07 Å². The maximum atomic E-state index is 11.6. The predicted molar refractivity (Wildman–Crippen MR) is 53.4 cm³/mol. The van der Waals surface area contributed by atoms with Crippen LogP contribution in [0, 0.1) is 0 Å². The average Bonchev–Trinajstić information content (AvgIpc) is 2.56. The third-order valence-corrected chi connectivity index (χ3v) is 2.02. The Hall–Kier alpha value is -1.16. The number of aromatic nitrogens is 2. The normalized spacial score (nSPS) is 10.5. The Balaban J connectivity index is 2.73. The molecule has 1 heterocycles. The molecule has 0 aliphatic carbocycles. The van der Waals surface area contributed by atoms with Gasteiger partial charge in [0.15, 0.2) is 0 Å². The van der Waals surface area contributed by atoms with Gasteiger partial charge in [-0.2, -0.15) is 5.10 Å². The first kappa shape index (κ1) is 10.9. The molecule has 0 fully saturated rings. The smallest absolute Gasteiger partial charge is 0.206 e. The van der Waals surface area contributed by atoms with Gasteiger partial charge in [-0.05, 0) is 19.4 Å². The van der Waals surface area contributed by atoms with E-state index in [4.69, 9.17) is 4.74 Å². The lowest BCUT2D eigenvalue weighted by Gasteiger charge is -2.00. The third kappa shape index (κ3) is 2.42. The number of aryl methyl sites for hydroxylation is 2. The standard InChI is InChI=1S/C10H16N2O2/c1-4-8-6-9(12(3)11-8)10(13)7-14-5-2/h6H,4-5,7H2,1-3H3. The van der Waals surface area contributed by atoms with Crippen LogP contribution in [0.1, 0.15) is 30.0 Å². The summed E-state index contributed by atoms with van der Waals surface area (Å²) in [5.74, 6) is -0.0125. The van der Waals surface area contributed by atoms with Crippen molar-refractivity contribution < 1.29 is 9.53 Å². The fourth-order valence-corrected chi connectivity index (χ4v) is 1.23. The van der Waals surface area contributed by atoms with Gasteiger partial charge >= 0.3 is 0 Å². The molecule has 0 atom stereocenters. The lowest BCUT2D eigenvalue weighted by atomic mass is 10.2. The Bertz CT molecular complexity index is 318. The molecule has 0 unspecified atom stereocenters. The van der Waals surface area contributed by atoms with Gasteiger partial charge in [-0.15, -0.1) is 0 Å². The van der Waals surface area contributed by atoms with Gasteiger partial charge in [0.25, 0.3) is 0 Å². The van der Waals surface area contributed by atoms with Crippen LogP contribution in [0.5, 0.6) is 0 Å². The quantitative estimate of drug-likeness (QED) is 0.665. The van der Waals surface area contributed by atoms with Crippen molar-refractivity contribution in [3.05, 3.63) is 17.5 Å². The summed E-state index contributed by atoms with van der Waals surface area (Å²) >= 11 is 0. The summed E-state index contributed by atoms with van der Waals surface area (Å²) < 4.78 is 6.67. The minimum atomic E-state index is -0.0125. The molecule has 0 amide bonds. The van der Waals surface area contributed by atoms with Crippen LogP contribution in [0.3, 0.4) is 0 Å². The van der Waals surface area contributed by atoms with Gasteiger partial charge in [-0.3, -0.25) is 9.48 Å². The van der Waals surface area contributed by atoms with Crippen molar-refractivity contribution in [1.29, 1.82) is 0 Å². The van der Waals surface area contributed by atoms with Crippen molar-refractivity contribution in [3.63, 3.8) is 0 Å². The molecule has 0 aliphatic rings. The maximum Gasteiger partial charge on any atom is 0.206 e. The largest absolute Gasteiger partial charge is 0.374 e. The molecule has 0 aromatic carbocycles. The van der Waals surface area contributed by atoms with Crippen molar-refractivity contribution in [2.45, 2.75) is 20.3 Å². The van der Waals surface area contributed by atoms with Gasteiger partial charge in [0.05, 0.1) is 5.69 Å². The van der Waals surface area contributed by atoms with Crippen molar-refractivity contribution in [2.24, 2.45) is 7.05 Å². The average molecular weight is 196 g/mol. The van der Waals surface area contributed by atoms with Crippen molar-refractivity contribution in [2.75, 3.05) is 13.2 Å². The minimum Gasteiger partial charge on any atom is -0.374 e. The van der Waals surface area contributed by atoms with E-state index in [1.165, 1.54) is 0 Å². The maximum absolute atomic E-state index is 11.6. The van der Waals surface area contributed by atoms with Crippen LogP contribution in [-0.2, 0) is 18.2 Å². The van der Waals surface area contributed by atoms with Crippen molar-refractivity contribution >= 4 is 5.78 Å². The number of Topliss-reactive ketones (excluding diaryl/α,β-unsaturated/α-hetero) is 1. The summed E-state index contributed by atoms with van der Waals surface area (Å²) in [5.41, 5.74) is 1.56. The van der Waals surface area contributed by atoms with Crippen molar-refractivity contribution in [3.8, 4) is 0 Å². The van der Waals surface area contributed by atoms with Crippen LogP contribution in [0.25, 0.3) is 0 Å². The van der Waals surface area contributed by atoms with Crippen LogP contribution < -0.4 is 0 Å². The van der Waals surface area contributed by atoms with Gasteiger partial charge in [-0.1, -0.05) is 6.92 Å². The predicted octanol–water partition coefficient (Wildman–Crippen LogP) is 1.20. The first-order valence-electron chi connectivity index (χ1n) is 4.82. The molecule has 14 heavy (non-hydrogen) atoms. The third-order valence-electron chi connectivity index (χ3n) is 2.02. The fourth-order valence-electron chi connectivity index (χ4n) is 1.23. The Kier molecular flexibility index (Phi) is 3.83. The van der Waals surface area contributed by atoms with Crippen LogP contribution in [0.2, 0.25) is 0 Å². The number of nitrogens with zero attached hydrogens (tertiary/aromatic N) is 2. The molecule has 0 aliphatic heterocycles. The molecule has 4 heteroatoms. The highest BCUT2D eigenvalue weighted by molar-refractivity contribution is 5.95. The summed E-state index contributed by atoms with van der Waals surface area (Å²) in [7, 11) is 1.78. The van der Waals surface area contributed by atoms with Crippen LogP contribution in [0.4, 0.5) is 0 Å². The Morgan fingerprint density at radius 2 is 2.29 bits per heavy atom. The van der Waals surface area contributed by atoms with Crippen LogP contribution >= 0.6 is 0 Å². The topological polar surface area (TPSA) is 44.1 Å². The number of hydrogen-bond acceptors (Lipinski definition) is 3. The van der Waals surface area contributed by atoms with Gasteiger partial charge < -0.3 is 4.74 Å². The van der Waals surface area contributed by atoms with E-state index in [1.807, 2.05) is 19.9 Å². The zero-order valence-corrected chi connectivity index (χ0v) is 8.91. The molecule has 4 nitrogen and oxygen atoms in total. The molecule has 1 aromatic heterocycles. The highest BCUT2D eigenvalue weighted by Gasteiger charge is 2.11. The van der Waals surface area contributed by atoms with Gasteiger partial charge in [0.2, 0.25) is 5.78 Å². The second kappa shape index (κ2) is 4.91. The molecule has 0 saturated heterocycles. The summed E-state index contributed by atoms with van der Waals surface area (Å²) in [6.07, 6.45) is 0.843. The Morgan fingerprint density at radius 1 is 1.57 bits per heavy atom. The number of rotatable bonds is 5. The Labute approximate surface area is 83.9 Å². The highest BCUT2D eigenvalue weighted by atomic mass is 16.5. The first-order chi connectivity index (χ1) is 6.69. The number of carbonyl (C=O) groups is 1. The van der Waals surface area contributed by atoms with Gasteiger partial charge in [-0.25, -0.2) is 0 Å². The second-order valence-electron chi connectivity index (χ2n) is 3.06.